The zero-order valence-corrected chi connectivity index (χ0v) is 22.8. The molecule has 0 aliphatic carbocycles. The first-order valence-electron chi connectivity index (χ1n) is 13.6. The van der Waals surface area contributed by atoms with Crippen LogP contribution in [-0.4, -0.2) is 51.6 Å². The van der Waals surface area contributed by atoms with E-state index in [2.05, 4.69) is 22.3 Å². The third-order valence-electron chi connectivity index (χ3n) is 7.07. The van der Waals surface area contributed by atoms with Gasteiger partial charge in [-0.2, -0.15) is 5.10 Å². The molecule has 8 heteroatoms. The molecule has 1 amide bonds. The number of rotatable bonds is 9. The van der Waals surface area contributed by atoms with Gasteiger partial charge in [-0.25, -0.2) is 9.50 Å². The molecular weight excluding hydrogens is 522 g/mol. The Morgan fingerprint density at radius 2 is 1.73 bits per heavy atom. The zero-order chi connectivity index (χ0) is 27.3. The number of nitrogens with one attached hydrogen (secondary N) is 1. The van der Waals surface area contributed by atoms with Gasteiger partial charge in [-0.1, -0.05) is 48.0 Å². The summed E-state index contributed by atoms with van der Waals surface area (Å²) in [5.74, 6) is 1.40. The minimum atomic E-state index is -0.219. The number of amides is 1. The Bertz CT molecular complexity index is 1630. The van der Waals surface area contributed by atoms with Crippen LogP contribution in [-0.2, 0) is 6.42 Å². The Labute approximate surface area is 238 Å². The molecule has 1 N–H and O–H groups in total. The van der Waals surface area contributed by atoms with Crippen LogP contribution in [0.1, 0.15) is 34.6 Å². The molecule has 3 heterocycles. The highest BCUT2D eigenvalue weighted by atomic mass is 35.5. The van der Waals surface area contributed by atoms with E-state index in [1.807, 2.05) is 59.1 Å². The highest BCUT2D eigenvalue weighted by molar-refractivity contribution is 6.31. The number of hydrogen-bond acceptors (Lipinski definition) is 5. The molecule has 1 aliphatic heterocycles. The van der Waals surface area contributed by atoms with Gasteiger partial charge in [0, 0.05) is 34.8 Å². The van der Waals surface area contributed by atoms with Crippen LogP contribution >= 0.6 is 11.6 Å². The van der Waals surface area contributed by atoms with Crippen LogP contribution in [0.2, 0.25) is 5.02 Å². The monoisotopic (exact) mass is 551 g/mol. The van der Waals surface area contributed by atoms with Crippen molar-refractivity contribution in [2.24, 2.45) is 0 Å². The first kappa shape index (κ1) is 26.0. The smallest absolute Gasteiger partial charge is 0.255 e. The molecule has 7 nitrogen and oxygen atoms in total. The van der Waals surface area contributed by atoms with Gasteiger partial charge in [0.15, 0.2) is 11.5 Å². The summed E-state index contributed by atoms with van der Waals surface area (Å²) < 4.78 is 7.79. The lowest BCUT2D eigenvalue weighted by molar-refractivity contribution is 0.102. The lowest BCUT2D eigenvalue weighted by Crippen LogP contribution is -2.25. The van der Waals surface area contributed by atoms with Gasteiger partial charge < -0.3 is 10.1 Å². The molecule has 0 saturated carbocycles. The van der Waals surface area contributed by atoms with E-state index >= 15 is 0 Å². The lowest BCUT2D eigenvalue weighted by atomic mass is 10.1. The van der Waals surface area contributed by atoms with Gasteiger partial charge in [0.05, 0.1) is 5.69 Å². The molecule has 0 atom stereocenters. The normalized spacial score (nSPS) is 13.5. The van der Waals surface area contributed by atoms with Gasteiger partial charge in [0.1, 0.15) is 12.4 Å². The van der Waals surface area contributed by atoms with Gasteiger partial charge in [0.2, 0.25) is 0 Å². The molecule has 1 fully saturated rings. The summed E-state index contributed by atoms with van der Waals surface area (Å²) in [6.45, 7) is 4.05. The van der Waals surface area contributed by atoms with Crippen LogP contribution in [0.15, 0.2) is 91.0 Å². The predicted octanol–water partition coefficient (Wildman–Crippen LogP) is 6.37. The first-order chi connectivity index (χ1) is 19.6. The van der Waals surface area contributed by atoms with E-state index in [1.54, 1.807) is 24.3 Å². The molecule has 0 radical (unpaired) electrons. The fourth-order valence-electron chi connectivity index (χ4n) is 5.02. The number of anilines is 1. The molecule has 5 aromatic rings. The summed E-state index contributed by atoms with van der Waals surface area (Å²) >= 11 is 6.05. The van der Waals surface area contributed by atoms with Gasteiger partial charge in [-0.05, 0) is 86.1 Å². The third kappa shape index (κ3) is 6.17. The quantitative estimate of drug-likeness (QED) is 0.230. The van der Waals surface area contributed by atoms with E-state index in [0.717, 1.165) is 40.6 Å². The number of pyridine rings is 1. The van der Waals surface area contributed by atoms with Crippen LogP contribution in [0, 0.1) is 0 Å². The molecule has 202 valence electrons. The largest absolute Gasteiger partial charge is 0.492 e. The number of halogens is 1. The van der Waals surface area contributed by atoms with Gasteiger partial charge in [0.25, 0.3) is 5.91 Å². The van der Waals surface area contributed by atoms with Crippen LogP contribution in [0.5, 0.6) is 5.75 Å². The summed E-state index contributed by atoms with van der Waals surface area (Å²) in [6.07, 6.45) is 3.20. The van der Waals surface area contributed by atoms with Crippen LogP contribution in [0.3, 0.4) is 0 Å². The number of aromatic nitrogens is 3. The molecule has 1 aliphatic rings. The topological polar surface area (TPSA) is 71.8 Å². The predicted molar refractivity (Wildman–Crippen MR) is 158 cm³/mol. The highest BCUT2D eigenvalue weighted by Gasteiger charge is 2.13. The second-order valence-corrected chi connectivity index (χ2v) is 10.4. The Morgan fingerprint density at radius 3 is 2.55 bits per heavy atom. The van der Waals surface area contributed by atoms with Crippen LogP contribution < -0.4 is 10.1 Å². The van der Waals surface area contributed by atoms with Crippen molar-refractivity contribution in [3.8, 4) is 17.0 Å². The van der Waals surface area contributed by atoms with E-state index < -0.39 is 0 Å². The molecule has 0 bridgehead atoms. The van der Waals surface area contributed by atoms with E-state index in [-0.39, 0.29) is 5.91 Å². The zero-order valence-electron chi connectivity index (χ0n) is 22.1. The fourth-order valence-corrected chi connectivity index (χ4v) is 5.21. The molecule has 1 saturated heterocycles. The summed E-state index contributed by atoms with van der Waals surface area (Å²) in [4.78, 5) is 19.9. The number of nitrogens with zero attached hydrogens (tertiary/aromatic N) is 4. The van der Waals surface area contributed by atoms with Crippen molar-refractivity contribution >= 4 is 28.8 Å². The van der Waals surface area contributed by atoms with E-state index in [0.29, 0.717) is 29.3 Å². The number of carbonyl (C=O) groups excluding carboxylic acids is 1. The number of ether oxygens (including phenoxy) is 1. The maximum absolute atomic E-state index is 12.7. The maximum Gasteiger partial charge on any atom is 0.255 e. The highest BCUT2D eigenvalue weighted by Crippen LogP contribution is 2.24. The van der Waals surface area contributed by atoms with Gasteiger partial charge >= 0.3 is 0 Å². The Morgan fingerprint density at radius 1 is 0.925 bits per heavy atom. The number of likely N-dealkylation sites (tertiary alicyclic amines) is 1. The molecule has 0 unspecified atom stereocenters. The molecular formula is C32H30ClN5O2. The summed E-state index contributed by atoms with van der Waals surface area (Å²) in [5.41, 5.74) is 4.88. The summed E-state index contributed by atoms with van der Waals surface area (Å²) in [5, 5.41) is 8.29. The third-order valence-corrected chi connectivity index (χ3v) is 7.30. The second-order valence-electron chi connectivity index (χ2n) is 9.97. The average Bonchev–Trinajstić information content (AvgIpc) is 3.64. The van der Waals surface area contributed by atoms with Crippen LogP contribution in [0.4, 0.5) is 5.69 Å². The molecule has 0 spiro atoms. The standard InChI is InChI=1S/C32H30ClN5O2/c33-26-8-3-7-25(21-26)32(39)34-27-9-4-6-24(22-27)29-10-5-11-31-35-30(36-38(29)31)20-23-12-14-28(15-13-23)40-19-18-37-16-1-2-17-37/h3-15,21-22H,1-2,16-20H2,(H,34,39). The molecule has 2 aromatic heterocycles. The Kier molecular flexibility index (Phi) is 7.75. The molecule has 40 heavy (non-hydrogen) atoms. The van der Waals surface area contributed by atoms with Crippen molar-refractivity contribution in [1.82, 2.24) is 19.5 Å². The average molecular weight is 552 g/mol. The van der Waals surface area contributed by atoms with Crippen molar-refractivity contribution < 1.29 is 9.53 Å². The SMILES string of the molecule is O=C(Nc1cccc(-c2cccc3nc(Cc4ccc(OCCN5CCCC5)cc4)nn23)c1)c1cccc(Cl)c1. The lowest BCUT2D eigenvalue weighted by Gasteiger charge is -2.14. The number of benzene rings is 3. The van der Waals surface area contributed by atoms with Crippen LogP contribution in [0.25, 0.3) is 16.9 Å². The summed E-state index contributed by atoms with van der Waals surface area (Å²) in [7, 11) is 0. The first-order valence-corrected chi connectivity index (χ1v) is 13.9. The minimum Gasteiger partial charge on any atom is -0.492 e. The van der Waals surface area contributed by atoms with Gasteiger partial charge in [-0.3, -0.25) is 9.69 Å². The van der Waals surface area contributed by atoms with Crippen molar-refractivity contribution in [3.63, 3.8) is 0 Å². The summed E-state index contributed by atoms with van der Waals surface area (Å²) in [6, 6.07) is 28.7. The molecule has 3 aromatic carbocycles. The van der Waals surface area contributed by atoms with Crippen molar-refractivity contribution in [2.75, 3.05) is 31.6 Å². The Hall–Kier alpha value is -4.20. The van der Waals surface area contributed by atoms with Gasteiger partial charge in [-0.15, -0.1) is 0 Å². The minimum absolute atomic E-state index is 0.219. The maximum atomic E-state index is 12.7. The van der Waals surface area contributed by atoms with Crippen molar-refractivity contribution in [1.29, 1.82) is 0 Å². The number of fused-ring (bicyclic) bond motifs is 1. The fraction of sp³-hybridized carbons (Fsp3) is 0.219. The molecule has 6 rings (SSSR count). The van der Waals surface area contributed by atoms with Crippen molar-refractivity contribution in [3.05, 3.63) is 113 Å². The van der Waals surface area contributed by atoms with E-state index in [4.69, 9.17) is 26.4 Å². The second kappa shape index (κ2) is 11.9. The van der Waals surface area contributed by atoms with E-state index in [9.17, 15) is 4.79 Å². The number of carbonyl (C=O) groups is 1. The number of hydrogen-bond donors (Lipinski definition) is 1. The van der Waals surface area contributed by atoms with E-state index in [1.165, 1.54) is 25.9 Å². The van der Waals surface area contributed by atoms with Crippen molar-refractivity contribution in [2.45, 2.75) is 19.3 Å². The Balaban J connectivity index is 1.14.